The maximum absolute atomic E-state index is 13.2. The standard InChI is InChI=1S/C26H23FN4O2/c1-16(32)31-13-12-17-4-2-3-5-21(17)24(31)15-25(33)28-20-10-11-22-23(14-20)30-26(29-22)18-6-8-19(27)9-7-18/h2-11,14,24H,12-13,15H2,1H3,(H,28,33)(H,29,30). The van der Waals surface area contributed by atoms with Gasteiger partial charge in [0, 0.05) is 24.7 Å². The number of imidazole rings is 1. The number of carbonyl (C=O) groups is 2. The number of hydrogen-bond acceptors (Lipinski definition) is 3. The number of hydrogen-bond donors (Lipinski definition) is 2. The normalized spacial score (nSPS) is 15.3. The molecular weight excluding hydrogens is 419 g/mol. The van der Waals surface area contributed by atoms with E-state index in [1.165, 1.54) is 17.7 Å². The molecule has 33 heavy (non-hydrogen) atoms. The summed E-state index contributed by atoms with van der Waals surface area (Å²) in [5.41, 5.74) is 5.14. The Morgan fingerprint density at radius 2 is 1.91 bits per heavy atom. The Labute approximate surface area is 190 Å². The maximum Gasteiger partial charge on any atom is 0.226 e. The zero-order valence-corrected chi connectivity index (χ0v) is 18.1. The van der Waals surface area contributed by atoms with Gasteiger partial charge >= 0.3 is 0 Å². The molecule has 0 fully saturated rings. The van der Waals surface area contributed by atoms with Crippen LogP contribution in [0.5, 0.6) is 0 Å². The molecule has 1 aromatic heterocycles. The van der Waals surface area contributed by atoms with Gasteiger partial charge < -0.3 is 15.2 Å². The lowest BCUT2D eigenvalue weighted by Crippen LogP contribution is -2.40. The minimum Gasteiger partial charge on any atom is -0.338 e. The van der Waals surface area contributed by atoms with Crippen LogP contribution in [-0.4, -0.2) is 33.2 Å². The van der Waals surface area contributed by atoms with E-state index in [1.807, 2.05) is 30.3 Å². The van der Waals surface area contributed by atoms with Crippen LogP contribution < -0.4 is 5.32 Å². The second-order valence-electron chi connectivity index (χ2n) is 8.25. The van der Waals surface area contributed by atoms with Gasteiger partial charge in [-0.1, -0.05) is 24.3 Å². The Balaban J connectivity index is 1.35. The van der Waals surface area contributed by atoms with Crippen LogP contribution >= 0.6 is 0 Å². The van der Waals surface area contributed by atoms with Crippen molar-refractivity contribution < 1.29 is 14.0 Å². The highest BCUT2D eigenvalue weighted by Crippen LogP contribution is 2.33. The molecule has 0 saturated heterocycles. The molecule has 2 N–H and O–H groups in total. The average molecular weight is 442 g/mol. The van der Waals surface area contributed by atoms with Crippen molar-refractivity contribution >= 4 is 28.5 Å². The van der Waals surface area contributed by atoms with Gasteiger partial charge in [-0.15, -0.1) is 0 Å². The molecule has 2 heterocycles. The van der Waals surface area contributed by atoms with E-state index in [-0.39, 0.29) is 30.1 Å². The van der Waals surface area contributed by atoms with E-state index < -0.39 is 0 Å². The van der Waals surface area contributed by atoms with Crippen LogP contribution in [0.1, 0.15) is 30.5 Å². The van der Waals surface area contributed by atoms with E-state index in [0.29, 0.717) is 18.1 Å². The van der Waals surface area contributed by atoms with Gasteiger partial charge in [0.05, 0.1) is 23.5 Å². The van der Waals surface area contributed by atoms with E-state index in [2.05, 4.69) is 21.4 Å². The maximum atomic E-state index is 13.2. The number of fused-ring (bicyclic) bond motifs is 2. The number of H-pyrrole nitrogens is 1. The molecule has 7 heteroatoms. The Morgan fingerprint density at radius 1 is 1.12 bits per heavy atom. The summed E-state index contributed by atoms with van der Waals surface area (Å²) in [5, 5.41) is 2.95. The Kier molecular flexibility index (Phi) is 5.38. The van der Waals surface area contributed by atoms with Crippen LogP contribution in [0.3, 0.4) is 0 Å². The first kappa shape index (κ1) is 20.9. The van der Waals surface area contributed by atoms with Crippen molar-refractivity contribution in [3.63, 3.8) is 0 Å². The highest BCUT2D eigenvalue weighted by Gasteiger charge is 2.30. The van der Waals surface area contributed by atoms with E-state index >= 15 is 0 Å². The molecule has 166 valence electrons. The van der Waals surface area contributed by atoms with Crippen LogP contribution in [-0.2, 0) is 16.0 Å². The van der Waals surface area contributed by atoms with E-state index in [1.54, 1.807) is 30.0 Å². The summed E-state index contributed by atoms with van der Waals surface area (Å²) in [6.45, 7) is 2.15. The number of carbonyl (C=O) groups excluding carboxylic acids is 2. The topological polar surface area (TPSA) is 78.1 Å². The van der Waals surface area contributed by atoms with Gasteiger partial charge in [-0.3, -0.25) is 9.59 Å². The molecule has 0 spiro atoms. The number of nitrogens with zero attached hydrogens (tertiary/aromatic N) is 2. The predicted octanol–water partition coefficient (Wildman–Crippen LogP) is 4.84. The van der Waals surface area contributed by atoms with Crippen molar-refractivity contribution in [3.05, 3.63) is 83.7 Å². The van der Waals surface area contributed by atoms with Gasteiger partial charge in [0.2, 0.25) is 11.8 Å². The molecule has 0 aliphatic carbocycles. The first-order valence-electron chi connectivity index (χ1n) is 10.9. The molecule has 1 aliphatic rings. The predicted molar refractivity (Wildman–Crippen MR) is 125 cm³/mol. The van der Waals surface area contributed by atoms with E-state index in [0.717, 1.165) is 28.6 Å². The molecular formula is C26H23FN4O2. The van der Waals surface area contributed by atoms with Crippen molar-refractivity contribution in [2.45, 2.75) is 25.8 Å². The Hall–Kier alpha value is -4.00. The molecule has 1 aliphatic heterocycles. The lowest BCUT2D eigenvalue weighted by atomic mass is 9.90. The van der Waals surface area contributed by atoms with Crippen molar-refractivity contribution in [1.82, 2.24) is 14.9 Å². The molecule has 6 nitrogen and oxygen atoms in total. The summed E-state index contributed by atoms with van der Waals surface area (Å²) < 4.78 is 13.2. The van der Waals surface area contributed by atoms with Crippen molar-refractivity contribution in [2.75, 3.05) is 11.9 Å². The zero-order valence-electron chi connectivity index (χ0n) is 18.1. The number of aromatic amines is 1. The number of anilines is 1. The zero-order chi connectivity index (χ0) is 22.9. The summed E-state index contributed by atoms with van der Waals surface area (Å²) >= 11 is 0. The van der Waals surface area contributed by atoms with Crippen molar-refractivity contribution in [1.29, 1.82) is 0 Å². The molecule has 1 unspecified atom stereocenters. The summed E-state index contributed by atoms with van der Waals surface area (Å²) in [6.07, 6.45) is 0.971. The first-order valence-corrected chi connectivity index (χ1v) is 10.9. The lowest BCUT2D eigenvalue weighted by molar-refractivity contribution is -0.132. The molecule has 0 radical (unpaired) electrons. The van der Waals surface area contributed by atoms with Gasteiger partial charge in [0.25, 0.3) is 0 Å². The van der Waals surface area contributed by atoms with Gasteiger partial charge in [0.15, 0.2) is 0 Å². The summed E-state index contributed by atoms with van der Waals surface area (Å²) in [7, 11) is 0. The molecule has 4 aromatic rings. The second kappa shape index (κ2) is 8.50. The van der Waals surface area contributed by atoms with Gasteiger partial charge in [-0.25, -0.2) is 9.37 Å². The van der Waals surface area contributed by atoms with E-state index in [4.69, 9.17) is 0 Å². The minimum atomic E-state index is -0.302. The number of benzene rings is 3. The van der Waals surface area contributed by atoms with Crippen LogP contribution in [0.2, 0.25) is 0 Å². The summed E-state index contributed by atoms with van der Waals surface area (Å²) in [4.78, 5) is 34.7. The third-order valence-corrected chi connectivity index (χ3v) is 6.08. The average Bonchev–Trinajstić information content (AvgIpc) is 3.23. The fraction of sp³-hybridized carbons (Fsp3) is 0.192. The monoisotopic (exact) mass is 442 g/mol. The highest BCUT2D eigenvalue weighted by atomic mass is 19.1. The second-order valence-corrected chi connectivity index (χ2v) is 8.25. The van der Waals surface area contributed by atoms with Gasteiger partial charge in [-0.2, -0.15) is 0 Å². The van der Waals surface area contributed by atoms with Gasteiger partial charge in [0.1, 0.15) is 11.6 Å². The smallest absolute Gasteiger partial charge is 0.226 e. The van der Waals surface area contributed by atoms with Crippen molar-refractivity contribution in [2.24, 2.45) is 0 Å². The highest BCUT2D eigenvalue weighted by molar-refractivity contribution is 5.94. The largest absolute Gasteiger partial charge is 0.338 e. The number of aromatic nitrogens is 2. The lowest BCUT2D eigenvalue weighted by Gasteiger charge is -2.36. The van der Waals surface area contributed by atoms with E-state index in [9.17, 15) is 14.0 Å². The molecule has 0 saturated carbocycles. The fourth-order valence-corrected chi connectivity index (χ4v) is 4.47. The third kappa shape index (κ3) is 4.22. The number of halogens is 1. The Bertz CT molecular complexity index is 1350. The molecule has 5 rings (SSSR count). The molecule has 1 atom stereocenters. The SMILES string of the molecule is CC(=O)N1CCc2ccccc2C1CC(=O)Nc1ccc2nc(-c3ccc(F)cc3)[nH]c2c1. The fourth-order valence-electron chi connectivity index (χ4n) is 4.47. The van der Waals surface area contributed by atoms with Crippen LogP contribution in [0.25, 0.3) is 22.4 Å². The number of amides is 2. The van der Waals surface area contributed by atoms with Crippen LogP contribution in [0.15, 0.2) is 66.7 Å². The minimum absolute atomic E-state index is 0.0329. The molecule has 2 amide bonds. The molecule has 3 aromatic carbocycles. The Morgan fingerprint density at radius 3 is 2.70 bits per heavy atom. The van der Waals surface area contributed by atoms with Crippen LogP contribution in [0.4, 0.5) is 10.1 Å². The molecule has 0 bridgehead atoms. The number of nitrogens with one attached hydrogen (secondary N) is 2. The first-order chi connectivity index (χ1) is 16.0. The number of rotatable bonds is 4. The summed E-state index contributed by atoms with van der Waals surface area (Å²) in [6, 6.07) is 19.3. The quantitative estimate of drug-likeness (QED) is 0.475. The van der Waals surface area contributed by atoms with Crippen LogP contribution in [0, 0.1) is 5.82 Å². The summed E-state index contributed by atoms with van der Waals surface area (Å²) in [5.74, 6) is 0.128. The van der Waals surface area contributed by atoms with Crippen molar-refractivity contribution in [3.8, 4) is 11.4 Å². The van der Waals surface area contributed by atoms with Gasteiger partial charge in [-0.05, 0) is 60.0 Å². The third-order valence-electron chi connectivity index (χ3n) is 6.08.